The lowest BCUT2D eigenvalue weighted by molar-refractivity contribution is 0.0981. The van der Waals surface area contributed by atoms with E-state index in [9.17, 15) is 9.59 Å². The molecule has 0 aliphatic carbocycles. The van der Waals surface area contributed by atoms with E-state index in [-0.39, 0.29) is 11.6 Å². The van der Waals surface area contributed by atoms with Crippen molar-refractivity contribution in [3.8, 4) is 0 Å². The highest BCUT2D eigenvalue weighted by molar-refractivity contribution is 6.07. The van der Waals surface area contributed by atoms with Crippen molar-refractivity contribution in [2.75, 3.05) is 0 Å². The summed E-state index contributed by atoms with van der Waals surface area (Å²) in [5.74, 6) is -0.189. The Morgan fingerprint density at radius 2 is 1.75 bits per heavy atom. The Morgan fingerprint density at radius 3 is 2.17 bits per heavy atom. The van der Waals surface area contributed by atoms with Gasteiger partial charge in [0.1, 0.15) is 0 Å². The van der Waals surface area contributed by atoms with Crippen LogP contribution in [0, 0.1) is 6.07 Å². The van der Waals surface area contributed by atoms with Gasteiger partial charge in [0.15, 0.2) is 11.6 Å². The van der Waals surface area contributed by atoms with E-state index in [0.29, 0.717) is 11.1 Å². The predicted octanol–water partition coefficient (Wildman–Crippen LogP) is 1.89. The molecule has 0 N–H and O–H groups in total. The fourth-order valence-corrected chi connectivity index (χ4v) is 1.03. The highest BCUT2D eigenvalue weighted by Crippen LogP contribution is 2.09. The van der Waals surface area contributed by atoms with Gasteiger partial charge in [-0.3, -0.25) is 9.59 Å². The molecular formula is C10H9O2. The van der Waals surface area contributed by atoms with E-state index >= 15 is 0 Å². The Balaban J connectivity index is 3.27. The quantitative estimate of drug-likeness (QED) is 0.621. The maximum absolute atomic E-state index is 11.0. The number of hydrogen-bond acceptors (Lipinski definition) is 2. The highest BCUT2D eigenvalue weighted by Gasteiger charge is 2.08. The standard InChI is InChI=1S/C10H9O2/c1-7(11)9-5-3-4-6-10(9)8(2)12/h3,5-6H,1-2H3. The Bertz CT molecular complexity index is 293. The molecule has 0 atom stereocenters. The van der Waals surface area contributed by atoms with Gasteiger partial charge in [-0.05, 0) is 26.0 Å². The molecule has 0 saturated heterocycles. The second kappa shape index (κ2) is 3.30. The first-order chi connectivity index (χ1) is 5.63. The third-order valence-electron chi connectivity index (χ3n) is 1.62. The van der Waals surface area contributed by atoms with E-state index < -0.39 is 0 Å². The summed E-state index contributed by atoms with van der Waals surface area (Å²) in [6.45, 7) is 2.89. The molecule has 1 aromatic rings. The van der Waals surface area contributed by atoms with Gasteiger partial charge >= 0.3 is 0 Å². The molecule has 0 fully saturated rings. The van der Waals surface area contributed by atoms with E-state index in [1.807, 2.05) is 0 Å². The van der Waals surface area contributed by atoms with Crippen LogP contribution in [-0.4, -0.2) is 11.6 Å². The van der Waals surface area contributed by atoms with Crippen LogP contribution >= 0.6 is 0 Å². The van der Waals surface area contributed by atoms with Gasteiger partial charge < -0.3 is 0 Å². The van der Waals surface area contributed by atoms with Gasteiger partial charge in [-0.1, -0.05) is 12.1 Å². The summed E-state index contributed by atoms with van der Waals surface area (Å²) < 4.78 is 0. The molecule has 61 valence electrons. The van der Waals surface area contributed by atoms with Crippen LogP contribution in [0.4, 0.5) is 0 Å². The third-order valence-corrected chi connectivity index (χ3v) is 1.62. The van der Waals surface area contributed by atoms with Crippen molar-refractivity contribution in [2.24, 2.45) is 0 Å². The average Bonchev–Trinajstić information content (AvgIpc) is 2.04. The number of ketones is 2. The largest absolute Gasteiger partial charge is 0.294 e. The second-order valence-electron chi connectivity index (χ2n) is 2.58. The molecule has 0 spiro atoms. The molecule has 0 amide bonds. The first-order valence-electron chi connectivity index (χ1n) is 3.65. The Kier molecular flexibility index (Phi) is 2.38. The second-order valence-corrected chi connectivity index (χ2v) is 2.58. The fourth-order valence-electron chi connectivity index (χ4n) is 1.03. The molecule has 1 radical (unpaired) electrons. The minimum atomic E-state index is -0.1000. The average molecular weight is 161 g/mol. The van der Waals surface area contributed by atoms with Crippen LogP contribution in [0.1, 0.15) is 34.6 Å². The lowest BCUT2D eigenvalue weighted by Crippen LogP contribution is -2.02. The molecule has 0 aliphatic rings. The van der Waals surface area contributed by atoms with Gasteiger partial charge in [-0.15, -0.1) is 0 Å². The molecule has 0 aromatic heterocycles. The van der Waals surface area contributed by atoms with Crippen LogP contribution < -0.4 is 0 Å². The summed E-state index contributed by atoms with van der Waals surface area (Å²) in [6.07, 6.45) is 0. The van der Waals surface area contributed by atoms with Crippen molar-refractivity contribution in [1.29, 1.82) is 0 Å². The molecule has 12 heavy (non-hydrogen) atoms. The monoisotopic (exact) mass is 161 g/mol. The molecule has 2 nitrogen and oxygen atoms in total. The maximum Gasteiger partial charge on any atom is 0.160 e. The topological polar surface area (TPSA) is 34.1 Å². The Hall–Kier alpha value is -1.44. The lowest BCUT2D eigenvalue weighted by Gasteiger charge is -2.00. The molecule has 0 heterocycles. The van der Waals surface area contributed by atoms with Gasteiger partial charge in [0.2, 0.25) is 0 Å². The first-order valence-corrected chi connectivity index (χ1v) is 3.65. The maximum atomic E-state index is 11.0. The predicted molar refractivity (Wildman–Crippen MR) is 45.3 cm³/mol. The summed E-state index contributed by atoms with van der Waals surface area (Å²) in [5, 5.41) is 0. The number of carbonyl (C=O) groups is 2. The molecule has 1 rings (SSSR count). The van der Waals surface area contributed by atoms with Crippen molar-refractivity contribution < 1.29 is 9.59 Å². The SMILES string of the molecule is CC(=O)c1c[c]ccc1C(C)=O. The van der Waals surface area contributed by atoms with E-state index in [2.05, 4.69) is 6.07 Å². The first kappa shape index (κ1) is 8.65. The van der Waals surface area contributed by atoms with Crippen LogP contribution in [0.3, 0.4) is 0 Å². The highest BCUT2D eigenvalue weighted by atomic mass is 16.1. The minimum absolute atomic E-state index is 0.0887. The summed E-state index contributed by atoms with van der Waals surface area (Å²) in [6, 6.07) is 7.54. The summed E-state index contributed by atoms with van der Waals surface area (Å²) >= 11 is 0. The van der Waals surface area contributed by atoms with E-state index in [0.717, 1.165) is 0 Å². The molecular weight excluding hydrogens is 152 g/mol. The molecule has 1 aromatic carbocycles. The van der Waals surface area contributed by atoms with Crippen molar-refractivity contribution >= 4 is 11.6 Å². The number of Topliss-reactive ketones (excluding diaryl/α,β-unsaturated/α-hetero) is 2. The molecule has 0 unspecified atom stereocenters. The zero-order valence-corrected chi connectivity index (χ0v) is 7.05. The zero-order chi connectivity index (χ0) is 9.14. The van der Waals surface area contributed by atoms with Gasteiger partial charge in [-0.2, -0.15) is 0 Å². The van der Waals surface area contributed by atoms with Crippen LogP contribution in [-0.2, 0) is 0 Å². The van der Waals surface area contributed by atoms with E-state index in [1.165, 1.54) is 13.8 Å². The number of rotatable bonds is 2. The Labute approximate surface area is 71.2 Å². The Morgan fingerprint density at radius 1 is 1.17 bits per heavy atom. The van der Waals surface area contributed by atoms with Crippen LogP contribution in [0.25, 0.3) is 0 Å². The summed E-state index contributed by atoms with van der Waals surface area (Å²) in [5.41, 5.74) is 0.922. The fraction of sp³-hybridized carbons (Fsp3) is 0.200. The summed E-state index contributed by atoms with van der Waals surface area (Å²) in [4.78, 5) is 22.0. The van der Waals surface area contributed by atoms with Gasteiger partial charge in [0.25, 0.3) is 0 Å². The number of benzene rings is 1. The minimum Gasteiger partial charge on any atom is -0.294 e. The van der Waals surface area contributed by atoms with E-state index in [1.54, 1.807) is 18.2 Å². The summed E-state index contributed by atoms with van der Waals surface area (Å²) in [7, 11) is 0. The molecule has 2 heteroatoms. The van der Waals surface area contributed by atoms with Crippen molar-refractivity contribution in [3.05, 3.63) is 35.4 Å². The molecule has 0 saturated carbocycles. The third kappa shape index (κ3) is 1.59. The number of carbonyl (C=O) groups excluding carboxylic acids is 2. The van der Waals surface area contributed by atoms with Crippen LogP contribution in [0.5, 0.6) is 0 Å². The van der Waals surface area contributed by atoms with Crippen molar-refractivity contribution in [3.63, 3.8) is 0 Å². The molecule has 0 bridgehead atoms. The smallest absolute Gasteiger partial charge is 0.160 e. The zero-order valence-electron chi connectivity index (χ0n) is 7.05. The van der Waals surface area contributed by atoms with Gasteiger partial charge in [-0.25, -0.2) is 0 Å². The lowest BCUT2D eigenvalue weighted by atomic mass is 10.0. The van der Waals surface area contributed by atoms with Gasteiger partial charge in [0.05, 0.1) is 0 Å². The number of hydrogen-bond donors (Lipinski definition) is 0. The van der Waals surface area contributed by atoms with Crippen LogP contribution in [0.15, 0.2) is 18.2 Å². The van der Waals surface area contributed by atoms with E-state index in [4.69, 9.17) is 0 Å². The van der Waals surface area contributed by atoms with Crippen molar-refractivity contribution in [2.45, 2.75) is 13.8 Å². The van der Waals surface area contributed by atoms with Crippen LogP contribution in [0.2, 0.25) is 0 Å². The molecule has 0 aliphatic heterocycles. The van der Waals surface area contributed by atoms with Crippen molar-refractivity contribution in [1.82, 2.24) is 0 Å². The normalized spacial score (nSPS) is 9.50. The van der Waals surface area contributed by atoms with Gasteiger partial charge in [0, 0.05) is 11.1 Å².